The number of sulfonamides is 1. The Kier molecular flexibility index (Phi) is 3.91. The molecule has 0 spiro atoms. The Morgan fingerprint density at radius 3 is 2.47 bits per heavy atom. The predicted octanol–water partition coefficient (Wildman–Crippen LogP) is 1.62. The first kappa shape index (κ1) is 14.0. The lowest BCUT2D eigenvalue weighted by Crippen LogP contribution is -2.47. The number of rotatable bonds is 3. The first-order chi connectivity index (χ1) is 8.93. The standard InChI is InChI=1S/C13H17NO4S/c1-10-5-7-11(8-6-10)19(17,18)14-9-3-2-4-12(14)13(15)16/h5-8,12H,2-4,9H2,1H3,(H,15,16)/t12-/m1/s1. The summed E-state index contributed by atoms with van der Waals surface area (Å²) in [4.78, 5) is 11.3. The van der Waals surface area contributed by atoms with Crippen molar-refractivity contribution in [2.75, 3.05) is 6.54 Å². The van der Waals surface area contributed by atoms with Crippen molar-refractivity contribution in [3.8, 4) is 0 Å². The van der Waals surface area contributed by atoms with E-state index in [1.807, 2.05) is 6.92 Å². The van der Waals surface area contributed by atoms with Crippen molar-refractivity contribution >= 4 is 16.0 Å². The van der Waals surface area contributed by atoms with Gasteiger partial charge >= 0.3 is 5.97 Å². The molecular formula is C13H17NO4S. The number of hydrogen-bond acceptors (Lipinski definition) is 3. The summed E-state index contributed by atoms with van der Waals surface area (Å²) in [7, 11) is -3.72. The largest absolute Gasteiger partial charge is 0.480 e. The van der Waals surface area contributed by atoms with Crippen LogP contribution in [0.2, 0.25) is 0 Å². The van der Waals surface area contributed by atoms with Crippen molar-refractivity contribution in [3.05, 3.63) is 29.8 Å². The maximum Gasteiger partial charge on any atom is 0.322 e. The summed E-state index contributed by atoms with van der Waals surface area (Å²) in [6.45, 7) is 2.14. The number of carboxylic acid groups (broad SMARTS) is 1. The molecule has 1 N–H and O–H groups in total. The summed E-state index contributed by atoms with van der Waals surface area (Å²) < 4.78 is 26.1. The predicted molar refractivity (Wildman–Crippen MR) is 70.3 cm³/mol. The average Bonchev–Trinajstić information content (AvgIpc) is 2.39. The molecule has 6 heteroatoms. The van der Waals surface area contributed by atoms with E-state index < -0.39 is 22.0 Å². The summed E-state index contributed by atoms with van der Waals surface area (Å²) in [5, 5.41) is 9.16. The van der Waals surface area contributed by atoms with Gasteiger partial charge in [0.05, 0.1) is 4.90 Å². The molecule has 1 saturated heterocycles. The number of carboxylic acids is 1. The van der Waals surface area contributed by atoms with Crippen molar-refractivity contribution in [1.82, 2.24) is 4.31 Å². The molecule has 0 aliphatic carbocycles. The number of hydrogen-bond donors (Lipinski definition) is 1. The highest BCUT2D eigenvalue weighted by Gasteiger charge is 2.37. The van der Waals surface area contributed by atoms with Crippen LogP contribution in [-0.2, 0) is 14.8 Å². The van der Waals surface area contributed by atoms with Gasteiger partial charge in [-0.3, -0.25) is 4.79 Å². The van der Waals surface area contributed by atoms with Gasteiger partial charge in [0.2, 0.25) is 10.0 Å². The number of aliphatic carboxylic acids is 1. The van der Waals surface area contributed by atoms with Crippen LogP contribution in [0.4, 0.5) is 0 Å². The number of piperidine rings is 1. The zero-order valence-electron chi connectivity index (χ0n) is 10.7. The molecule has 1 aliphatic rings. The Morgan fingerprint density at radius 2 is 1.89 bits per heavy atom. The Hall–Kier alpha value is -1.40. The first-order valence-corrected chi connectivity index (χ1v) is 7.68. The minimum Gasteiger partial charge on any atom is -0.480 e. The van der Waals surface area contributed by atoms with Crippen LogP contribution >= 0.6 is 0 Å². The van der Waals surface area contributed by atoms with Gasteiger partial charge in [0.25, 0.3) is 0 Å². The van der Waals surface area contributed by atoms with Gasteiger partial charge in [0.1, 0.15) is 6.04 Å². The summed E-state index contributed by atoms with van der Waals surface area (Å²) in [5.41, 5.74) is 0.965. The van der Waals surface area contributed by atoms with Crippen molar-refractivity contribution in [1.29, 1.82) is 0 Å². The zero-order valence-corrected chi connectivity index (χ0v) is 11.6. The molecule has 0 aromatic heterocycles. The van der Waals surface area contributed by atoms with E-state index in [-0.39, 0.29) is 11.4 Å². The molecule has 0 radical (unpaired) electrons. The van der Waals surface area contributed by atoms with Crippen LogP contribution in [0.5, 0.6) is 0 Å². The Balaban J connectivity index is 2.37. The van der Waals surface area contributed by atoms with Crippen molar-refractivity contribution in [2.24, 2.45) is 0 Å². The molecule has 1 aliphatic heterocycles. The van der Waals surface area contributed by atoms with Crippen LogP contribution < -0.4 is 0 Å². The average molecular weight is 283 g/mol. The quantitative estimate of drug-likeness (QED) is 0.914. The molecular weight excluding hydrogens is 266 g/mol. The van der Waals surface area contributed by atoms with Crippen molar-refractivity contribution < 1.29 is 18.3 Å². The fourth-order valence-electron chi connectivity index (χ4n) is 2.29. The summed E-state index contributed by atoms with van der Waals surface area (Å²) >= 11 is 0. The maximum absolute atomic E-state index is 12.5. The molecule has 1 heterocycles. The summed E-state index contributed by atoms with van der Waals surface area (Å²) in [6.07, 6.45) is 1.83. The highest BCUT2D eigenvalue weighted by molar-refractivity contribution is 7.89. The molecule has 19 heavy (non-hydrogen) atoms. The minimum absolute atomic E-state index is 0.159. The van der Waals surface area contributed by atoms with E-state index in [1.54, 1.807) is 12.1 Å². The number of benzene rings is 1. The van der Waals surface area contributed by atoms with Gasteiger partial charge in [-0.05, 0) is 38.3 Å². The smallest absolute Gasteiger partial charge is 0.322 e. The molecule has 1 atom stereocenters. The van der Waals surface area contributed by atoms with E-state index in [1.165, 1.54) is 12.1 Å². The van der Waals surface area contributed by atoms with Crippen LogP contribution in [0.1, 0.15) is 24.8 Å². The van der Waals surface area contributed by atoms with Gasteiger partial charge in [-0.2, -0.15) is 4.31 Å². The van der Waals surface area contributed by atoms with E-state index in [0.29, 0.717) is 12.8 Å². The first-order valence-electron chi connectivity index (χ1n) is 6.24. The molecule has 1 aromatic rings. The highest BCUT2D eigenvalue weighted by atomic mass is 32.2. The Bertz CT molecular complexity index is 565. The van der Waals surface area contributed by atoms with Gasteiger partial charge in [-0.15, -0.1) is 0 Å². The second kappa shape index (κ2) is 5.30. The third kappa shape index (κ3) is 2.79. The molecule has 1 aromatic carbocycles. The molecule has 0 saturated carbocycles. The fourth-order valence-corrected chi connectivity index (χ4v) is 3.94. The molecule has 0 bridgehead atoms. The molecule has 0 unspecified atom stereocenters. The van der Waals surface area contributed by atoms with Gasteiger partial charge in [0, 0.05) is 6.54 Å². The van der Waals surface area contributed by atoms with Crippen LogP contribution in [0.3, 0.4) is 0 Å². The number of carbonyl (C=O) groups is 1. The zero-order chi connectivity index (χ0) is 14.0. The summed E-state index contributed by atoms with van der Waals surface area (Å²) in [6, 6.07) is 5.54. The number of aryl methyl sites for hydroxylation is 1. The lowest BCUT2D eigenvalue weighted by Gasteiger charge is -2.31. The third-order valence-electron chi connectivity index (χ3n) is 3.37. The van der Waals surface area contributed by atoms with Crippen molar-refractivity contribution in [3.63, 3.8) is 0 Å². The lowest BCUT2D eigenvalue weighted by atomic mass is 10.1. The second-order valence-electron chi connectivity index (χ2n) is 4.78. The van der Waals surface area contributed by atoms with Crippen LogP contribution in [-0.4, -0.2) is 36.4 Å². The fraction of sp³-hybridized carbons (Fsp3) is 0.462. The van der Waals surface area contributed by atoms with Gasteiger partial charge in [-0.25, -0.2) is 8.42 Å². The van der Waals surface area contributed by atoms with E-state index >= 15 is 0 Å². The molecule has 104 valence electrons. The normalized spacial score (nSPS) is 21.2. The van der Waals surface area contributed by atoms with E-state index in [0.717, 1.165) is 16.3 Å². The summed E-state index contributed by atoms with van der Waals surface area (Å²) in [5.74, 6) is -1.07. The van der Waals surface area contributed by atoms with Gasteiger partial charge in [0.15, 0.2) is 0 Å². The van der Waals surface area contributed by atoms with E-state index in [9.17, 15) is 13.2 Å². The van der Waals surface area contributed by atoms with Gasteiger partial charge in [-0.1, -0.05) is 17.7 Å². The monoisotopic (exact) mass is 283 g/mol. The molecule has 0 amide bonds. The lowest BCUT2D eigenvalue weighted by molar-refractivity contribution is -0.142. The van der Waals surface area contributed by atoms with E-state index in [2.05, 4.69) is 0 Å². The SMILES string of the molecule is Cc1ccc(S(=O)(=O)N2CCCC[C@@H]2C(=O)O)cc1. The van der Waals surface area contributed by atoms with E-state index in [4.69, 9.17) is 5.11 Å². The van der Waals surface area contributed by atoms with Gasteiger partial charge < -0.3 is 5.11 Å². The number of nitrogens with zero attached hydrogens (tertiary/aromatic N) is 1. The molecule has 5 nitrogen and oxygen atoms in total. The second-order valence-corrected chi connectivity index (χ2v) is 6.67. The van der Waals surface area contributed by atoms with Crippen LogP contribution in [0.15, 0.2) is 29.2 Å². The maximum atomic E-state index is 12.5. The molecule has 1 fully saturated rings. The van der Waals surface area contributed by atoms with Crippen molar-refractivity contribution in [2.45, 2.75) is 37.1 Å². The Labute approximate surface area is 112 Å². The Morgan fingerprint density at radius 1 is 1.26 bits per heavy atom. The highest BCUT2D eigenvalue weighted by Crippen LogP contribution is 2.25. The van der Waals surface area contributed by atoms with Crippen LogP contribution in [0, 0.1) is 6.92 Å². The van der Waals surface area contributed by atoms with Crippen LogP contribution in [0.25, 0.3) is 0 Å². The third-order valence-corrected chi connectivity index (χ3v) is 5.29. The topological polar surface area (TPSA) is 74.7 Å². The molecule has 2 rings (SSSR count). The minimum atomic E-state index is -3.72.